The Bertz CT molecular complexity index is 920. The number of imidazole rings is 1. The zero-order valence-corrected chi connectivity index (χ0v) is 12.6. The third-order valence-corrected chi connectivity index (χ3v) is 3.87. The van der Waals surface area contributed by atoms with E-state index in [1.54, 1.807) is 22.8 Å². The summed E-state index contributed by atoms with van der Waals surface area (Å²) in [4.78, 5) is 5.10. The van der Waals surface area contributed by atoms with E-state index in [1.807, 2.05) is 30.3 Å². The summed E-state index contributed by atoms with van der Waals surface area (Å²) >= 11 is 1.33. The molecule has 0 aliphatic carbocycles. The molecule has 0 unspecified atom stereocenters. The summed E-state index contributed by atoms with van der Waals surface area (Å²) in [7, 11) is 0. The van der Waals surface area contributed by atoms with E-state index in [2.05, 4.69) is 15.4 Å². The molecule has 0 atom stereocenters. The van der Waals surface area contributed by atoms with Gasteiger partial charge >= 0.3 is 0 Å². The summed E-state index contributed by atoms with van der Waals surface area (Å²) in [5.74, 6) is 1.02. The molecule has 114 valence electrons. The van der Waals surface area contributed by atoms with Gasteiger partial charge < -0.3 is 10.1 Å². The molecule has 1 N–H and O–H groups in total. The Morgan fingerprint density at radius 2 is 1.96 bits per heavy atom. The quantitative estimate of drug-likeness (QED) is 0.601. The Kier molecular flexibility index (Phi) is 3.39. The number of hydrogen-bond donors (Lipinski definition) is 1. The van der Waals surface area contributed by atoms with Gasteiger partial charge in [0, 0.05) is 5.69 Å². The molecule has 2 aromatic heterocycles. The zero-order chi connectivity index (χ0) is 15.6. The van der Waals surface area contributed by atoms with Crippen LogP contribution in [0.3, 0.4) is 0 Å². The van der Waals surface area contributed by atoms with E-state index in [4.69, 9.17) is 4.74 Å². The van der Waals surface area contributed by atoms with Crippen molar-refractivity contribution in [1.82, 2.24) is 14.6 Å². The lowest BCUT2D eigenvalue weighted by Crippen LogP contribution is -1.91. The highest BCUT2D eigenvalue weighted by molar-refractivity contribution is 7.18. The van der Waals surface area contributed by atoms with Crippen LogP contribution in [-0.4, -0.2) is 14.6 Å². The number of anilines is 2. The van der Waals surface area contributed by atoms with Gasteiger partial charge in [-0.2, -0.15) is 4.98 Å². The molecule has 23 heavy (non-hydrogen) atoms. The molecule has 2 aromatic carbocycles. The number of hydrogen-bond acceptors (Lipinski definition) is 5. The molecule has 0 aliphatic rings. The summed E-state index contributed by atoms with van der Waals surface area (Å²) in [5.41, 5.74) is 0.636. The fraction of sp³-hybridized carbons (Fsp3) is 0. The van der Waals surface area contributed by atoms with Crippen LogP contribution < -0.4 is 10.1 Å². The second-order valence-corrected chi connectivity index (χ2v) is 5.69. The van der Waals surface area contributed by atoms with Crippen molar-refractivity contribution < 1.29 is 9.13 Å². The first-order valence-corrected chi connectivity index (χ1v) is 7.70. The number of para-hydroxylation sites is 1. The molecular weight excluding hydrogens is 315 g/mol. The summed E-state index contributed by atoms with van der Waals surface area (Å²) in [5, 5.41) is 7.88. The second-order valence-electron chi connectivity index (χ2n) is 4.77. The van der Waals surface area contributed by atoms with Gasteiger partial charge in [-0.15, -0.1) is 5.10 Å². The highest BCUT2D eigenvalue weighted by Gasteiger charge is 2.10. The van der Waals surface area contributed by atoms with Crippen LogP contribution in [0.4, 0.5) is 15.9 Å². The molecule has 0 saturated heterocycles. The van der Waals surface area contributed by atoms with E-state index >= 15 is 0 Å². The van der Waals surface area contributed by atoms with Crippen LogP contribution in [0.5, 0.6) is 10.9 Å². The van der Waals surface area contributed by atoms with Gasteiger partial charge in [-0.05, 0) is 41.7 Å². The van der Waals surface area contributed by atoms with E-state index in [-0.39, 0.29) is 5.82 Å². The Hall–Kier alpha value is -2.93. The number of benzene rings is 2. The van der Waals surface area contributed by atoms with Crippen molar-refractivity contribution in [2.24, 2.45) is 0 Å². The molecule has 0 spiro atoms. The lowest BCUT2D eigenvalue weighted by atomic mass is 10.3. The van der Waals surface area contributed by atoms with Gasteiger partial charge in [0.1, 0.15) is 11.6 Å². The number of aromatic nitrogens is 3. The average molecular weight is 326 g/mol. The number of nitrogens with one attached hydrogen (secondary N) is 1. The third kappa shape index (κ3) is 3.00. The van der Waals surface area contributed by atoms with Crippen LogP contribution in [0.1, 0.15) is 0 Å². The predicted octanol–water partition coefficient (Wildman–Crippen LogP) is 4.47. The minimum absolute atomic E-state index is 0.298. The highest BCUT2D eigenvalue weighted by atomic mass is 32.1. The summed E-state index contributed by atoms with van der Waals surface area (Å²) in [6.07, 6.45) is 1.73. The van der Waals surface area contributed by atoms with Crippen molar-refractivity contribution in [3.8, 4) is 10.9 Å². The first-order valence-electron chi connectivity index (χ1n) is 6.88. The monoisotopic (exact) mass is 326 g/mol. The van der Waals surface area contributed by atoms with E-state index in [0.29, 0.717) is 21.7 Å². The first kappa shape index (κ1) is 13.7. The van der Waals surface area contributed by atoms with Crippen molar-refractivity contribution >= 4 is 27.8 Å². The lowest BCUT2D eigenvalue weighted by molar-refractivity contribution is 0.470. The molecule has 0 radical (unpaired) electrons. The molecule has 4 aromatic rings. The number of halogens is 1. The van der Waals surface area contributed by atoms with Crippen molar-refractivity contribution in [3.05, 3.63) is 66.6 Å². The fourth-order valence-corrected chi connectivity index (χ4v) is 2.84. The third-order valence-electron chi connectivity index (χ3n) is 3.07. The largest absolute Gasteiger partial charge is 0.430 e. The molecule has 0 aliphatic heterocycles. The van der Waals surface area contributed by atoms with Crippen molar-refractivity contribution in [2.45, 2.75) is 0 Å². The Morgan fingerprint density at radius 3 is 2.74 bits per heavy atom. The molecule has 7 heteroatoms. The van der Waals surface area contributed by atoms with Crippen molar-refractivity contribution in [2.75, 3.05) is 5.32 Å². The van der Waals surface area contributed by atoms with Crippen LogP contribution in [0.2, 0.25) is 0 Å². The van der Waals surface area contributed by atoms with Gasteiger partial charge in [-0.3, -0.25) is 0 Å². The Labute approximate surface area is 135 Å². The van der Waals surface area contributed by atoms with E-state index < -0.39 is 0 Å². The standard InChI is InChI=1S/C16H11FN4OS/c17-11-5-4-6-12(9-11)18-14-10-21-15(19-14)23-16(20-21)22-13-7-2-1-3-8-13/h1-10,18H. The molecule has 0 saturated carbocycles. The predicted molar refractivity (Wildman–Crippen MR) is 87.1 cm³/mol. The van der Waals surface area contributed by atoms with Gasteiger partial charge in [-0.25, -0.2) is 8.91 Å². The smallest absolute Gasteiger partial charge is 0.299 e. The maximum atomic E-state index is 13.2. The van der Waals surface area contributed by atoms with Gasteiger partial charge in [0.25, 0.3) is 5.19 Å². The van der Waals surface area contributed by atoms with E-state index in [0.717, 1.165) is 5.75 Å². The minimum atomic E-state index is -0.298. The number of ether oxygens (including phenoxy) is 1. The van der Waals surface area contributed by atoms with Gasteiger partial charge in [0.15, 0.2) is 5.82 Å². The van der Waals surface area contributed by atoms with Crippen LogP contribution in [0.25, 0.3) is 4.96 Å². The zero-order valence-electron chi connectivity index (χ0n) is 11.8. The van der Waals surface area contributed by atoms with Crippen molar-refractivity contribution in [1.29, 1.82) is 0 Å². The fourth-order valence-electron chi connectivity index (χ4n) is 2.09. The first-order chi connectivity index (χ1) is 11.3. The number of rotatable bonds is 4. The summed E-state index contributed by atoms with van der Waals surface area (Å²) < 4.78 is 20.5. The van der Waals surface area contributed by atoms with Gasteiger partial charge in [-0.1, -0.05) is 24.3 Å². The molecule has 2 heterocycles. The van der Waals surface area contributed by atoms with Crippen LogP contribution in [0, 0.1) is 5.82 Å². The molecule has 0 bridgehead atoms. The number of fused-ring (bicyclic) bond motifs is 1. The highest BCUT2D eigenvalue weighted by Crippen LogP contribution is 2.28. The topological polar surface area (TPSA) is 51.5 Å². The average Bonchev–Trinajstić information content (AvgIpc) is 3.06. The Morgan fingerprint density at radius 1 is 1.09 bits per heavy atom. The normalized spacial score (nSPS) is 10.8. The number of nitrogens with zero attached hydrogens (tertiary/aromatic N) is 3. The Balaban J connectivity index is 1.54. The molecule has 5 nitrogen and oxygen atoms in total. The van der Waals surface area contributed by atoms with Crippen molar-refractivity contribution in [3.63, 3.8) is 0 Å². The van der Waals surface area contributed by atoms with Crippen LogP contribution in [0.15, 0.2) is 60.8 Å². The second kappa shape index (κ2) is 5.69. The minimum Gasteiger partial charge on any atom is -0.430 e. The SMILES string of the molecule is Fc1cccc(Nc2cn3nc(Oc4ccccc4)sc3n2)c1. The van der Waals surface area contributed by atoms with Gasteiger partial charge in [0.05, 0.1) is 6.20 Å². The van der Waals surface area contributed by atoms with Crippen LogP contribution in [-0.2, 0) is 0 Å². The summed E-state index contributed by atoms with van der Waals surface area (Å²) in [6, 6.07) is 15.7. The maximum Gasteiger partial charge on any atom is 0.299 e. The molecule has 4 rings (SSSR count). The van der Waals surface area contributed by atoms with Crippen LogP contribution >= 0.6 is 11.3 Å². The summed E-state index contributed by atoms with van der Waals surface area (Å²) in [6.45, 7) is 0. The van der Waals surface area contributed by atoms with E-state index in [1.165, 1.54) is 23.5 Å². The molecule has 0 amide bonds. The molecule has 0 fully saturated rings. The van der Waals surface area contributed by atoms with Gasteiger partial charge in [0.2, 0.25) is 4.96 Å². The maximum absolute atomic E-state index is 13.2. The lowest BCUT2D eigenvalue weighted by Gasteiger charge is -2.01. The molecular formula is C16H11FN4OS. The van der Waals surface area contributed by atoms with E-state index in [9.17, 15) is 4.39 Å².